The van der Waals surface area contributed by atoms with Crippen LogP contribution in [0, 0.1) is 5.92 Å². The smallest absolute Gasteiger partial charge is 0.00961 e. The quantitative estimate of drug-likeness (QED) is 0.569. The van der Waals surface area contributed by atoms with E-state index in [9.17, 15) is 0 Å². The Kier molecular flexibility index (Phi) is 5.45. The molecule has 13 heavy (non-hydrogen) atoms. The molecule has 1 fully saturated rings. The van der Waals surface area contributed by atoms with E-state index in [1.165, 1.54) is 51.4 Å². The largest absolute Gasteiger partial charge is 0.317 e. The predicted molar refractivity (Wildman–Crippen MR) is 58.9 cm³/mol. The number of hydrogen-bond donors (Lipinski definition) is 1. The van der Waals surface area contributed by atoms with E-state index in [-0.39, 0.29) is 0 Å². The third kappa shape index (κ3) is 4.66. The van der Waals surface area contributed by atoms with E-state index in [1.807, 2.05) is 0 Å². The van der Waals surface area contributed by atoms with Crippen LogP contribution in [0.1, 0.15) is 58.3 Å². The fourth-order valence-corrected chi connectivity index (χ4v) is 2.11. The maximum Gasteiger partial charge on any atom is 0.00961 e. The van der Waals surface area contributed by atoms with E-state index < -0.39 is 0 Å². The van der Waals surface area contributed by atoms with Crippen molar-refractivity contribution in [2.24, 2.45) is 5.92 Å². The molecule has 1 saturated carbocycles. The molecular weight excluding hydrogens is 158 g/mol. The van der Waals surface area contributed by atoms with Crippen LogP contribution in [0.15, 0.2) is 0 Å². The van der Waals surface area contributed by atoms with E-state index >= 15 is 0 Å². The van der Waals surface area contributed by atoms with Crippen molar-refractivity contribution in [3.8, 4) is 0 Å². The Labute approximate surface area is 83.3 Å². The van der Waals surface area contributed by atoms with Crippen LogP contribution in [0.3, 0.4) is 0 Å². The summed E-state index contributed by atoms with van der Waals surface area (Å²) in [6.07, 6.45) is 11.6. The first kappa shape index (κ1) is 11.0. The van der Waals surface area contributed by atoms with Crippen LogP contribution in [0.4, 0.5) is 0 Å². The Balaban J connectivity index is 1.75. The van der Waals surface area contributed by atoms with Gasteiger partial charge >= 0.3 is 0 Å². The Morgan fingerprint density at radius 2 is 1.77 bits per heavy atom. The van der Waals surface area contributed by atoms with Crippen molar-refractivity contribution in [1.29, 1.82) is 0 Å². The first-order valence-corrected chi connectivity index (χ1v) is 6.05. The highest BCUT2D eigenvalue weighted by molar-refractivity contribution is 4.91. The zero-order valence-electron chi connectivity index (χ0n) is 9.31. The van der Waals surface area contributed by atoms with Crippen molar-refractivity contribution in [2.45, 2.75) is 64.3 Å². The third-order valence-corrected chi connectivity index (χ3v) is 3.22. The van der Waals surface area contributed by atoms with Crippen LogP contribution in [0.5, 0.6) is 0 Å². The van der Waals surface area contributed by atoms with Crippen LogP contribution in [-0.2, 0) is 0 Å². The van der Waals surface area contributed by atoms with Crippen LogP contribution in [-0.4, -0.2) is 13.1 Å². The zero-order valence-corrected chi connectivity index (χ0v) is 9.31. The second-order valence-corrected chi connectivity index (χ2v) is 4.45. The van der Waals surface area contributed by atoms with Crippen molar-refractivity contribution in [3.63, 3.8) is 0 Å². The molecule has 1 rings (SSSR count). The molecule has 0 saturated heterocycles. The van der Waals surface area contributed by atoms with Gasteiger partial charge in [0.1, 0.15) is 0 Å². The lowest BCUT2D eigenvalue weighted by molar-refractivity contribution is 0.553. The first-order chi connectivity index (χ1) is 6.38. The molecule has 78 valence electrons. The summed E-state index contributed by atoms with van der Waals surface area (Å²) in [7, 11) is 2.09. The average Bonchev–Trinajstić information content (AvgIpc) is 2.90. The maximum atomic E-state index is 3.35. The highest BCUT2D eigenvalue weighted by Crippen LogP contribution is 2.34. The summed E-state index contributed by atoms with van der Waals surface area (Å²) in [4.78, 5) is 0. The normalized spacial score (nSPS) is 26.3. The molecule has 0 aromatic carbocycles. The topological polar surface area (TPSA) is 12.0 Å². The van der Waals surface area contributed by atoms with Gasteiger partial charge in [-0.1, -0.05) is 45.4 Å². The second-order valence-electron chi connectivity index (χ2n) is 4.45. The molecule has 0 aromatic rings. The number of unbranched alkanes of at least 4 members (excludes halogenated alkanes) is 5. The van der Waals surface area contributed by atoms with E-state index in [4.69, 9.17) is 0 Å². The Hall–Kier alpha value is -0.0400. The maximum absolute atomic E-state index is 3.35. The molecule has 0 amide bonds. The molecule has 2 unspecified atom stereocenters. The Morgan fingerprint density at radius 3 is 2.38 bits per heavy atom. The summed E-state index contributed by atoms with van der Waals surface area (Å²) in [6, 6.07) is 0.871. The van der Waals surface area contributed by atoms with Gasteiger partial charge in [0.25, 0.3) is 0 Å². The highest BCUT2D eigenvalue weighted by atomic mass is 14.9. The number of hydrogen-bond acceptors (Lipinski definition) is 1. The van der Waals surface area contributed by atoms with Gasteiger partial charge in [0.15, 0.2) is 0 Å². The molecule has 1 nitrogen and oxygen atoms in total. The lowest BCUT2D eigenvalue weighted by atomic mass is 10.1. The van der Waals surface area contributed by atoms with Gasteiger partial charge in [-0.2, -0.15) is 0 Å². The summed E-state index contributed by atoms with van der Waals surface area (Å²) in [5.41, 5.74) is 0. The molecule has 2 atom stereocenters. The van der Waals surface area contributed by atoms with Gasteiger partial charge in [0, 0.05) is 6.04 Å². The summed E-state index contributed by atoms with van der Waals surface area (Å²) in [5, 5.41) is 3.35. The van der Waals surface area contributed by atoms with E-state index in [2.05, 4.69) is 19.3 Å². The Morgan fingerprint density at radius 1 is 1.08 bits per heavy atom. The molecule has 0 aromatic heterocycles. The number of nitrogens with one attached hydrogen (secondary N) is 1. The lowest BCUT2D eigenvalue weighted by Gasteiger charge is -2.00. The van der Waals surface area contributed by atoms with Crippen LogP contribution >= 0.6 is 0 Å². The molecular formula is C12H25N. The first-order valence-electron chi connectivity index (χ1n) is 6.05. The summed E-state index contributed by atoms with van der Waals surface area (Å²) >= 11 is 0. The molecule has 1 aliphatic rings. The summed E-state index contributed by atoms with van der Waals surface area (Å²) in [6.45, 7) is 2.28. The molecule has 1 N–H and O–H groups in total. The van der Waals surface area contributed by atoms with Gasteiger partial charge in [0.05, 0.1) is 0 Å². The predicted octanol–water partition coefficient (Wildman–Crippen LogP) is 3.34. The van der Waals surface area contributed by atoms with Crippen molar-refractivity contribution in [2.75, 3.05) is 7.05 Å². The standard InChI is InChI=1S/C12H25N/c1-3-4-5-6-7-8-9-11-10-12(11)13-2/h11-13H,3-10H2,1-2H3. The van der Waals surface area contributed by atoms with Crippen LogP contribution in [0.2, 0.25) is 0 Å². The monoisotopic (exact) mass is 183 g/mol. The minimum Gasteiger partial charge on any atom is -0.317 e. The van der Waals surface area contributed by atoms with Crippen LogP contribution < -0.4 is 5.32 Å². The van der Waals surface area contributed by atoms with E-state index in [1.54, 1.807) is 0 Å². The molecule has 1 aliphatic carbocycles. The lowest BCUT2D eigenvalue weighted by Crippen LogP contribution is -2.10. The van der Waals surface area contributed by atoms with Gasteiger partial charge in [-0.3, -0.25) is 0 Å². The average molecular weight is 183 g/mol. The fourth-order valence-electron chi connectivity index (χ4n) is 2.11. The van der Waals surface area contributed by atoms with Crippen LogP contribution in [0.25, 0.3) is 0 Å². The SMILES string of the molecule is CCCCCCCCC1CC1NC. The van der Waals surface area contributed by atoms with E-state index in [0.717, 1.165) is 12.0 Å². The third-order valence-electron chi connectivity index (χ3n) is 3.22. The molecule has 0 aliphatic heterocycles. The minimum absolute atomic E-state index is 0.871. The van der Waals surface area contributed by atoms with Gasteiger partial charge in [0.2, 0.25) is 0 Å². The summed E-state index contributed by atoms with van der Waals surface area (Å²) in [5.74, 6) is 1.02. The molecule has 0 spiro atoms. The number of rotatable bonds is 8. The van der Waals surface area contributed by atoms with E-state index in [0.29, 0.717) is 0 Å². The van der Waals surface area contributed by atoms with Crippen molar-refractivity contribution in [3.05, 3.63) is 0 Å². The summed E-state index contributed by atoms with van der Waals surface area (Å²) < 4.78 is 0. The molecule has 0 radical (unpaired) electrons. The van der Waals surface area contributed by atoms with Crippen molar-refractivity contribution in [1.82, 2.24) is 5.32 Å². The second kappa shape index (κ2) is 6.42. The van der Waals surface area contributed by atoms with Gasteiger partial charge < -0.3 is 5.32 Å². The van der Waals surface area contributed by atoms with Crippen molar-refractivity contribution >= 4 is 0 Å². The molecule has 1 heteroatoms. The molecule has 0 bridgehead atoms. The minimum atomic E-state index is 0.871. The van der Waals surface area contributed by atoms with Crippen molar-refractivity contribution < 1.29 is 0 Å². The van der Waals surface area contributed by atoms with Gasteiger partial charge in [-0.05, 0) is 25.8 Å². The van der Waals surface area contributed by atoms with Gasteiger partial charge in [-0.15, -0.1) is 0 Å². The Bertz CT molecular complexity index is 122. The highest BCUT2D eigenvalue weighted by Gasteiger charge is 2.34. The van der Waals surface area contributed by atoms with Gasteiger partial charge in [-0.25, -0.2) is 0 Å². The zero-order chi connectivity index (χ0) is 9.52. The fraction of sp³-hybridized carbons (Fsp3) is 1.00. The molecule has 0 heterocycles.